The van der Waals surface area contributed by atoms with Gasteiger partial charge in [-0.3, -0.25) is 0 Å². The Hall–Kier alpha value is -1.64. The Kier molecular flexibility index (Phi) is 1.65. The third kappa shape index (κ3) is 0.967. The molecule has 0 fully saturated rings. The zero-order chi connectivity index (χ0) is 9.42. The molecule has 0 aliphatic carbocycles. The monoisotopic (exact) mass is 178 g/mol. The van der Waals surface area contributed by atoms with E-state index in [1.165, 1.54) is 7.11 Å². The van der Waals surface area contributed by atoms with Crippen LogP contribution in [0.25, 0.3) is 6.08 Å². The van der Waals surface area contributed by atoms with Gasteiger partial charge in [0.2, 0.25) is 5.75 Å². The number of phenols is 1. The minimum absolute atomic E-state index is 0.131. The second-order valence-corrected chi connectivity index (χ2v) is 2.77. The molecule has 2 bridgehead atoms. The summed E-state index contributed by atoms with van der Waals surface area (Å²) in [5, 5.41) is 9.40. The zero-order valence-corrected chi connectivity index (χ0v) is 7.50. The van der Waals surface area contributed by atoms with Crippen molar-refractivity contribution in [2.75, 3.05) is 7.11 Å². The highest BCUT2D eigenvalue weighted by Crippen LogP contribution is 2.54. The summed E-state index contributed by atoms with van der Waals surface area (Å²) in [6.07, 6.45) is 3.84. The third-order valence-electron chi connectivity index (χ3n) is 1.97. The molecule has 0 atom stereocenters. The van der Waals surface area contributed by atoms with E-state index >= 15 is 0 Å². The molecule has 0 amide bonds. The molecule has 0 radical (unpaired) electrons. The molecule has 3 nitrogen and oxygen atoms in total. The van der Waals surface area contributed by atoms with Crippen LogP contribution in [0.4, 0.5) is 0 Å². The Morgan fingerprint density at radius 3 is 2.92 bits per heavy atom. The first-order valence-corrected chi connectivity index (χ1v) is 4.02. The van der Waals surface area contributed by atoms with Crippen LogP contribution in [0.15, 0.2) is 12.1 Å². The minimum Gasteiger partial charge on any atom is -0.504 e. The van der Waals surface area contributed by atoms with Crippen LogP contribution in [-0.4, -0.2) is 12.2 Å². The van der Waals surface area contributed by atoms with E-state index in [2.05, 4.69) is 0 Å². The first kappa shape index (κ1) is 7.98. The molecule has 3 rings (SSSR count). The number of rotatable bonds is 2. The van der Waals surface area contributed by atoms with Gasteiger partial charge in [0.15, 0.2) is 11.5 Å². The van der Waals surface area contributed by atoms with Crippen molar-refractivity contribution in [2.24, 2.45) is 0 Å². The standard InChI is InChI=1S/C10H10O3/c1-3-4-6-8-5-7(11)10(12-2)9(6)13-8/h3-5,11H,1-2H3/b4-3+. The van der Waals surface area contributed by atoms with Gasteiger partial charge >= 0.3 is 0 Å². The van der Waals surface area contributed by atoms with E-state index < -0.39 is 0 Å². The topological polar surface area (TPSA) is 38.7 Å². The lowest BCUT2D eigenvalue weighted by molar-refractivity contribution is 0.325. The van der Waals surface area contributed by atoms with E-state index in [1.54, 1.807) is 6.07 Å². The quantitative estimate of drug-likeness (QED) is 0.768. The summed E-state index contributed by atoms with van der Waals surface area (Å²) in [7, 11) is 1.51. The maximum Gasteiger partial charge on any atom is 0.204 e. The van der Waals surface area contributed by atoms with E-state index in [0.717, 1.165) is 5.56 Å². The Labute approximate surface area is 76.2 Å². The van der Waals surface area contributed by atoms with Crippen LogP contribution in [0.5, 0.6) is 23.0 Å². The zero-order valence-electron chi connectivity index (χ0n) is 7.50. The van der Waals surface area contributed by atoms with Crippen LogP contribution < -0.4 is 9.47 Å². The maximum absolute atomic E-state index is 9.40. The predicted molar refractivity (Wildman–Crippen MR) is 49.4 cm³/mol. The number of methoxy groups -OCH3 is 1. The summed E-state index contributed by atoms with van der Waals surface area (Å²) >= 11 is 0. The van der Waals surface area contributed by atoms with Gasteiger partial charge in [-0.25, -0.2) is 0 Å². The molecule has 1 aromatic carbocycles. The normalized spacial score (nSPS) is 12.5. The molecule has 3 heteroatoms. The average molecular weight is 178 g/mol. The van der Waals surface area contributed by atoms with Crippen molar-refractivity contribution in [1.29, 1.82) is 0 Å². The summed E-state index contributed by atoms with van der Waals surface area (Å²) in [5.41, 5.74) is 0.983. The number of hydrogen-bond acceptors (Lipinski definition) is 3. The lowest BCUT2D eigenvalue weighted by Crippen LogP contribution is -2.04. The first-order valence-electron chi connectivity index (χ1n) is 4.02. The Morgan fingerprint density at radius 1 is 1.54 bits per heavy atom. The van der Waals surface area contributed by atoms with Crippen molar-refractivity contribution in [1.82, 2.24) is 0 Å². The van der Waals surface area contributed by atoms with Crippen molar-refractivity contribution in [2.45, 2.75) is 6.92 Å². The molecule has 0 saturated carbocycles. The Morgan fingerprint density at radius 2 is 2.31 bits per heavy atom. The van der Waals surface area contributed by atoms with Gasteiger partial charge in [0.25, 0.3) is 0 Å². The Balaban J connectivity index is 2.55. The van der Waals surface area contributed by atoms with E-state index in [4.69, 9.17) is 9.47 Å². The first-order chi connectivity index (χ1) is 6.27. The molecular formula is C10H10O3. The molecule has 2 heterocycles. The van der Waals surface area contributed by atoms with Crippen LogP contribution in [0, 0.1) is 0 Å². The largest absolute Gasteiger partial charge is 0.504 e. The van der Waals surface area contributed by atoms with Crippen molar-refractivity contribution in [3.63, 3.8) is 0 Å². The highest BCUT2D eigenvalue weighted by molar-refractivity contribution is 5.78. The third-order valence-corrected chi connectivity index (χ3v) is 1.97. The van der Waals surface area contributed by atoms with Crippen LogP contribution in [0.3, 0.4) is 0 Å². The van der Waals surface area contributed by atoms with Gasteiger partial charge in [-0.15, -0.1) is 0 Å². The van der Waals surface area contributed by atoms with Crippen LogP contribution in [0.2, 0.25) is 0 Å². The van der Waals surface area contributed by atoms with E-state index in [-0.39, 0.29) is 5.75 Å². The van der Waals surface area contributed by atoms with E-state index in [0.29, 0.717) is 17.2 Å². The molecule has 0 saturated heterocycles. The SMILES string of the molecule is C/C=C/c1c2cc(O)c(OC)c1O2. The maximum atomic E-state index is 9.40. The number of phenolic OH excluding ortho intramolecular Hbond substituents is 1. The van der Waals surface area contributed by atoms with Crippen LogP contribution in [0.1, 0.15) is 12.5 Å². The van der Waals surface area contributed by atoms with Gasteiger partial charge < -0.3 is 14.6 Å². The van der Waals surface area contributed by atoms with Crippen molar-refractivity contribution >= 4 is 6.08 Å². The fourth-order valence-electron chi connectivity index (χ4n) is 1.39. The molecule has 0 aromatic heterocycles. The summed E-state index contributed by atoms with van der Waals surface area (Å²) in [5.74, 6) is 1.86. The molecule has 0 unspecified atom stereocenters. The molecular weight excluding hydrogens is 168 g/mol. The number of benzene rings is 1. The lowest BCUT2D eigenvalue weighted by atomic mass is 10.1. The summed E-state index contributed by atoms with van der Waals surface area (Å²) in [6, 6.07) is 1.56. The number of fused-ring (bicyclic) bond motifs is 2. The number of hydrogen-bond donors (Lipinski definition) is 1. The van der Waals surface area contributed by atoms with E-state index in [1.807, 2.05) is 19.1 Å². The predicted octanol–water partition coefficient (Wildman–Crippen LogP) is 2.54. The second kappa shape index (κ2) is 2.69. The summed E-state index contributed by atoms with van der Waals surface area (Å²) in [4.78, 5) is 0. The fourth-order valence-corrected chi connectivity index (χ4v) is 1.39. The summed E-state index contributed by atoms with van der Waals surface area (Å²) in [6.45, 7) is 1.93. The van der Waals surface area contributed by atoms with Gasteiger partial charge in [-0.1, -0.05) is 12.2 Å². The molecule has 68 valence electrons. The van der Waals surface area contributed by atoms with Crippen LogP contribution in [-0.2, 0) is 0 Å². The number of aromatic hydroxyl groups is 1. The van der Waals surface area contributed by atoms with Gasteiger partial charge in [0.1, 0.15) is 5.75 Å². The second-order valence-electron chi connectivity index (χ2n) is 2.77. The summed E-state index contributed by atoms with van der Waals surface area (Å²) < 4.78 is 10.3. The van der Waals surface area contributed by atoms with Crippen LogP contribution >= 0.6 is 0 Å². The van der Waals surface area contributed by atoms with Gasteiger partial charge in [0.05, 0.1) is 12.7 Å². The Bertz CT molecular complexity index is 380. The highest BCUT2D eigenvalue weighted by Gasteiger charge is 2.28. The van der Waals surface area contributed by atoms with Crippen molar-refractivity contribution in [3.05, 3.63) is 17.7 Å². The fraction of sp³-hybridized carbons (Fsp3) is 0.200. The average Bonchev–Trinajstić information content (AvgIpc) is 2.13. The highest BCUT2D eigenvalue weighted by atomic mass is 16.5. The molecule has 2 aliphatic rings. The lowest BCUT2D eigenvalue weighted by Gasteiger charge is -2.25. The van der Waals surface area contributed by atoms with E-state index in [9.17, 15) is 5.11 Å². The smallest absolute Gasteiger partial charge is 0.204 e. The van der Waals surface area contributed by atoms with Gasteiger partial charge in [-0.2, -0.15) is 0 Å². The molecule has 2 aliphatic heterocycles. The minimum atomic E-state index is 0.131. The molecule has 0 spiro atoms. The number of ether oxygens (including phenoxy) is 2. The van der Waals surface area contributed by atoms with Crippen molar-refractivity contribution in [3.8, 4) is 23.0 Å². The molecule has 13 heavy (non-hydrogen) atoms. The molecule has 1 N–H and O–H groups in total. The molecule has 1 aromatic rings. The van der Waals surface area contributed by atoms with Crippen molar-refractivity contribution < 1.29 is 14.6 Å². The number of allylic oxidation sites excluding steroid dienone is 1. The van der Waals surface area contributed by atoms with Gasteiger partial charge in [-0.05, 0) is 6.92 Å². The van der Waals surface area contributed by atoms with Gasteiger partial charge in [0, 0.05) is 6.07 Å².